The largest absolute Gasteiger partial charge is 0.390 e. The zero-order valence-electron chi connectivity index (χ0n) is 11.3. The van der Waals surface area contributed by atoms with Gasteiger partial charge in [0.15, 0.2) is 0 Å². The molecule has 0 aliphatic carbocycles. The lowest BCUT2D eigenvalue weighted by molar-refractivity contribution is -0.385. The molecule has 0 aromatic heterocycles. The van der Waals surface area contributed by atoms with E-state index in [0.717, 1.165) is 6.07 Å². The Morgan fingerprint density at radius 2 is 2.19 bits per heavy atom. The number of nitrogens with zero attached hydrogens (tertiary/aromatic N) is 2. The fraction of sp³-hybridized carbons (Fsp3) is 0.385. The zero-order chi connectivity index (χ0) is 16.0. The van der Waals surface area contributed by atoms with Crippen LogP contribution in [0.2, 0.25) is 0 Å². The van der Waals surface area contributed by atoms with Gasteiger partial charge in [0.25, 0.3) is 5.69 Å². The lowest BCUT2D eigenvalue weighted by atomic mass is 10.00. The minimum Gasteiger partial charge on any atom is -0.390 e. The predicted molar refractivity (Wildman–Crippen MR) is 72.1 cm³/mol. The summed E-state index contributed by atoms with van der Waals surface area (Å²) in [6, 6.07) is 5.31. The van der Waals surface area contributed by atoms with Crippen molar-refractivity contribution >= 4 is 11.6 Å². The fourth-order valence-corrected chi connectivity index (χ4v) is 1.75. The molecule has 112 valence electrons. The number of amides is 1. The van der Waals surface area contributed by atoms with E-state index in [2.05, 4.69) is 5.32 Å². The summed E-state index contributed by atoms with van der Waals surface area (Å²) < 4.78 is 0. The average Bonchev–Trinajstić information content (AvgIpc) is 2.45. The van der Waals surface area contributed by atoms with E-state index >= 15 is 0 Å². The molecule has 3 N–H and O–H groups in total. The van der Waals surface area contributed by atoms with E-state index < -0.39 is 22.8 Å². The summed E-state index contributed by atoms with van der Waals surface area (Å²) in [6.45, 7) is 1.50. The van der Waals surface area contributed by atoms with Crippen LogP contribution in [0.25, 0.3) is 0 Å². The number of carbonyl (C=O) groups excluding carboxylic acids is 1. The van der Waals surface area contributed by atoms with E-state index in [1.807, 2.05) is 0 Å². The Hall–Kier alpha value is -2.50. The SMILES string of the molecule is CC(=O)NCCC(O)C(O)c1ccc(C#N)c([N+](=O)[O-])c1. The molecule has 8 nitrogen and oxygen atoms in total. The van der Waals surface area contributed by atoms with Gasteiger partial charge < -0.3 is 15.5 Å². The van der Waals surface area contributed by atoms with Gasteiger partial charge in [-0.2, -0.15) is 5.26 Å². The van der Waals surface area contributed by atoms with Gasteiger partial charge in [0.1, 0.15) is 17.7 Å². The van der Waals surface area contributed by atoms with E-state index in [0.29, 0.717) is 0 Å². The van der Waals surface area contributed by atoms with E-state index in [-0.39, 0.29) is 30.0 Å². The Morgan fingerprint density at radius 3 is 2.71 bits per heavy atom. The number of hydrogen-bond acceptors (Lipinski definition) is 6. The first-order chi connectivity index (χ1) is 9.86. The van der Waals surface area contributed by atoms with Crippen molar-refractivity contribution in [2.75, 3.05) is 6.54 Å². The van der Waals surface area contributed by atoms with E-state index in [1.54, 1.807) is 6.07 Å². The summed E-state index contributed by atoms with van der Waals surface area (Å²) in [5.74, 6) is -0.259. The number of nitriles is 1. The second kappa shape index (κ2) is 7.33. The molecule has 1 aromatic carbocycles. The van der Waals surface area contributed by atoms with Gasteiger partial charge in [0.2, 0.25) is 5.91 Å². The minimum absolute atomic E-state index is 0.0918. The van der Waals surface area contributed by atoms with Crippen LogP contribution >= 0.6 is 0 Å². The molecule has 0 fully saturated rings. The quantitative estimate of drug-likeness (QED) is 0.512. The average molecular weight is 293 g/mol. The van der Waals surface area contributed by atoms with E-state index in [1.165, 1.54) is 19.1 Å². The second-order valence-electron chi connectivity index (χ2n) is 4.43. The number of nitro benzene ring substituents is 1. The van der Waals surface area contributed by atoms with Gasteiger partial charge in [-0.3, -0.25) is 14.9 Å². The molecule has 1 aromatic rings. The van der Waals surface area contributed by atoms with Crippen molar-refractivity contribution in [1.82, 2.24) is 5.32 Å². The van der Waals surface area contributed by atoms with Gasteiger partial charge in [0, 0.05) is 19.5 Å². The molecule has 0 bridgehead atoms. The van der Waals surface area contributed by atoms with Gasteiger partial charge in [-0.25, -0.2) is 0 Å². The predicted octanol–water partition coefficient (Wildman–Crippen LogP) is 0.387. The molecule has 1 rings (SSSR count). The molecule has 0 saturated heterocycles. The highest BCUT2D eigenvalue weighted by Crippen LogP contribution is 2.25. The van der Waals surface area contributed by atoms with Crippen molar-refractivity contribution in [3.63, 3.8) is 0 Å². The number of hydrogen-bond donors (Lipinski definition) is 3. The Bertz CT molecular complexity index is 582. The number of nitrogens with one attached hydrogen (secondary N) is 1. The van der Waals surface area contributed by atoms with Crippen molar-refractivity contribution in [3.8, 4) is 6.07 Å². The van der Waals surface area contributed by atoms with Crippen LogP contribution in [0.4, 0.5) is 5.69 Å². The van der Waals surface area contributed by atoms with E-state index in [4.69, 9.17) is 5.26 Å². The van der Waals surface area contributed by atoms with Crippen LogP contribution in [0.5, 0.6) is 0 Å². The van der Waals surface area contributed by atoms with Gasteiger partial charge in [-0.1, -0.05) is 6.07 Å². The summed E-state index contributed by atoms with van der Waals surface area (Å²) >= 11 is 0. The maximum atomic E-state index is 10.8. The van der Waals surface area contributed by atoms with Crippen LogP contribution in [0.1, 0.15) is 30.6 Å². The lowest BCUT2D eigenvalue weighted by Crippen LogP contribution is -2.27. The number of aliphatic hydroxyl groups excluding tert-OH is 2. The number of nitro groups is 1. The van der Waals surface area contributed by atoms with Gasteiger partial charge >= 0.3 is 0 Å². The molecule has 0 spiro atoms. The van der Waals surface area contributed by atoms with Gasteiger partial charge in [-0.05, 0) is 18.1 Å². The third kappa shape index (κ3) is 4.52. The molecule has 0 aliphatic heterocycles. The number of aliphatic hydroxyl groups is 2. The smallest absolute Gasteiger partial charge is 0.287 e. The van der Waals surface area contributed by atoms with Crippen molar-refractivity contribution in [2.45, 2.75) is 25.6 Å². The zero-order valence-corrected chi connectivity index (χ0v) is 11.3. The second-order valence-corrected chi connectivity index (χ2v) is 4.43. The van der Waals surface area contributed by atoms with Crippen molar-refractivity contribution in [3.05, 3.63) is 39.4 Å². The third-order valence-electron chi connectivity index (χ3n) is 2.86. The monoisotopic (exact) mass is 293 g/mol. The highest BCUT2D eigenvalue weighted by Gasteiger charge is 2.22. The molecule has 21 heavy (non-hydrogen) atoms. The van der Waals surface area contributed by atoms with Crippen LogP contribution in [0.3, 0.4) is 0 Å². The maximum Gasteiger partial charge on any atom is 0.287 e. The minimum atomic E-state index is -1.34. The standard InChI is InChI=1S/C13H15N3O5/c1-8(17)15-5-4-12(18)13(19)9-2-3-10(7-14)11(6-9)16(20)21/h2-3,6,12-13,18-19H,4-5H2,1H3,(H,15,17). The first-order valence-electron chi connectivity index (χ1n) is 6.15. The van der Waals surface area contributed by atoms with Crippen molar-refractivity contribution in [2.24, 2.45) is 0 Å². The Labute approximate surface area is 120 Å². The molecule has 1 amide bonds. The molecule has 2 atom stereocenters. The molecule has 0 saturated carbocycles. The Kier molecular flexibility index (Phi) is 5.78. The summed E-state index contributed by atoms with van der Waals surface area (Å²) in [7, 11) is 0. The Morgan fingerprint density at radius 1 is 1.52 bits per heavy atom. The highest BCUT2D eigenvalue weighted by molar-refractivity contribution is 5.72. The lowest BCUT2D eigenvalue weighted by Gasteiger charge is -2.18. The summed E-state index contributed by atoms with van der Waals surface area (Å²) in [4.78, 5) is 20.8. The van der Waals surface area contributed by atoms with Gasteiger partial charge in [-0.15, -0.1) is 0 Å². The van der Waals surface area contributed by atoms with Crippen molar-refractivity contribution in [1.29, 1.82) is 5.26 Å². The first-order valence-corrected chi connectivity index (χ1v) is 6.15. The molecular weight excluding hydrogens is 278 g/mol. The first kappa shape index (κ1) is 16.6. The molecule has 8 heteroatoms. The topological polar surface area (TPSA) is 136 Å². The molecule has 0 radical (unpaired) electrons. The van der Waals surface area contributed by atoms with Crippen molar-refractivity contribution < 1.29 is 19.9 Å². The molecule has 2 unspecified atom stereocenters. The van der Waals surface area contributed by atoms with E-state index in [9.17, 15) is 25.1 Å². The summed E-state index contributed by atoms with van der Waals surface area (Å²) in [6.07, 6.45) is -2.44. The number of benzene rings is 1. The number of carbonyl (C=O) groups is 1. The third-order valence-corrected chi connectivity index (χ3v) is 2.86. The normalized spacial score (nSPS) is 13.0. The van der Waals surface area contributed by atoms with Crippen LogP contribution < -0.4 is 5.32 Å². The van der Waals surface area contributed by atoms with Crippen LogP contribution in [0.15, 0.2) is 18.2 Å². The molecule has 0 heterocycles. The highest BCUT2D eigenvalue weighted by atomic mass is 16.6. The summed E-state index contributed by atoms with van der Waals surface area (Å²) in [5, 5.41) is 41.8. The van der Waals surface area contributed by atoms with Gasteiger partial charge in [0.05, 0.1) is 11.0 Å². The van der Waals surface area contributed by atoms with Crippen LogP contribution in [-0.2, 0) is 4.79 Å². The summed E-state index contributed by atoms with van der Waals surface area (Å²) in [5.41, 5.74) is -0.414. The molecule has 0 aliphatic rings. The molecular formula is C13H15N3O5. The van der Waals surface area contributed by atoms with Crippen LogP contribution in [-0.4, -0.2) is 33.7 Å². The Balaban J connectivity index is 2.85. The number of rotatable bonds is 6. The fourth-order valence-electron chi connectivity index (χ4n) is 1.75. The maximum absolute atomic E-state index is 10.8. The van der Waals surface area contributed by atoms with Crippen LogP contribution in [0, 0.1) is 21.4 Å².